The third-order valence-corrected chi connectivity index (χ3v) is 2.63. The molecule has 1 aromatic carbocycles. The number of rotatable bonds is 4. The van der Waals surface area contributed by atoms with E-state index in [2.05, 4.69) is 5.32 Å². The lowest BCUT2D eigenvalue weighted by Gasteiger charge is -2.06. The van der Waals surface area contributed by atoms with Crippen LogP contribution in [0.2, 0.25) is 0 Å². The molecule has 2 rings (SSSR count). The second-order valence-electron chi connectivity index (χ2n) is 3.92. The first-order valence-electron chi connectivity index (χ1n) is 5.58. The Balaban J connectivity index is 1.74. The molecule has 1 atom stereocenters. The molecule has 1 saturated heterocycles. The van der Waals surface area contributed by atoms with E-state index in [-0.39, 0.29) is 5.82 Å². The molecule has 0 aliphatic carbocycles. The molecule has 1 heterocycles. The van der Waals surface area contributed by atoms with Gasteiger partial charge in [-0.05, 0) is 24.1 Å². The van der Waals surface area contributed by atoms with Gasteiger partial charge in [-0.15, -0.1) is 0 Å². The molecule has 1 N–H and O–H groups in total. The van der Waals surface area contributed by atoms with Crippen molar-refractivity contribution in [1.82, 2.24) is 5.32 Å². The average molecular weight is 221 g/mol. The first-order chi connectivity index (χ1) is 7.84. The zero-order valence-electron chi connectivity index (χ0n) is 9.16. The summed E-state index contributed by atoms with van der Waals surface area (Å²) in [7, 11) is 0. The van der Waals surface area contributed by atoms with E-state index in [1.54, 1.807) is 12.1 Å². The molecular formula is C13H16FNO. The van der Waals surface area contributed by atoms with Crippen molar-refractivity contribution in [2.75, 3.05) is 19.8 Å². The fourth-order valence-electron chi connectivity index (χ4n) is 1.70. The molecule has 1 aliphatic rings. The SMILES string of the molecule is Fc1ccc(/C=C/CNC2CCOC2)cc1. The quantitative estimate of drug-likeness (QED) is 0.841. The van der Waals surface area contributed by atoms with Gasteiger partial charge in [-0.3, -0.25) is 0 Å². The molecule has 0 radical (unpaired) electrons. The molecule has 1 fully saturated rings. The second-order valence-corrected chi connectivity index (χ2v) is 3.92. The zero-order chi connectivity index (χ0) is 11.2. The van der Waals surface area contributed by atoms with Gasteiger partial charge in [0.2, 0.25) is 0 Å². The summed E-state index contributed by atoms with van der Waals surface area (Å²) < 4.78 is 17.9. The predicted octanol–water partition coefficient (Wildman–Crippen LogP) is 2.22. The van der Waals surface area contributed by atoms with Gasteiger partial charge >= 0.3 is 0 Å². The van der Waals surface area contributed by atoms with E-state index in [4.69, 9.17) is 4.74 Å². The third kappa shape index (κ3) is 3.43. The first kappa shape index (κ1) is 11.3. The molecule has 1 aromatic rings. The van der Waals surface area contributed by atoms with Crippen LogP contribution in [0.4, 0.5) is 4.39 Å². The van der Waals surface area contributed by atoms with Gasteiger partial charge in [-0.25, -0.2) is 4.39 Å². The maximum atomic E-state index is 12.6. The van der Waals surface area contributed by atoms with Gasteiger partial charge in [0.1, 0.15) is 5.82 Å². The van der Waals surface area contributed by atoms with Crippen molar-refractivity contribution in [2.24, 2.45) is 0 Å². The van der Waals surface area contributed by atoms with Crippen LogP contribution in [0.3, 0.4) is 0 Å². The molecule has 1 aliphatic heterocycles. The number of hydrogen-bond donors (Lipinski definition) is 1. The van der Waals surface area contributed by atoms with Crippen molar-refractivity contribution in [3.8, 4) is 0 Å². The van der Waals surface area contributed by atoms with Crippen molar-refractivity contribution in [3.63, 3.8) is 0 Å². The second kappa shape index (κ2) is 5.77. The Labute approximate surface area is 95.1 Å². The van der Waals surface area contributed by atoms with E-state index >= 15 is 0 Å². The monoisotopic (exact) mass is 221 g/mol. The minimum Gasteiger partial charge on any atom is -0.380 e. The van der Waals surface area contributed by atoms with Gasteiger partial charge in [0.25, 0.3) is 0 Å². The summed E-state index contributed by atoms with van der Waals surface area (Å²) in [5, 5.41) is 3.38. The summed E-state index contributed by atoms with van der Waals surface area (Å²) in [6.45, 7) is 2.50. The zero-order valence-corrected chi connectivity index (χ0v) is 9.16. The number of ether oxygens (including phenoxy) is 1. The number of nitrogens with one attached hydrogen (secondary N) is 1. The van der Waals surface area contributed by atoms with Gasteiger partial charge in [0.05, 0.1) is 6.61 Å². The van der Waals surface area contributed by atoms with Crippen LogP contribution in [0.25, 0.3) is 6.08 Å². The predicted molar refractivity (Wildman–Crippen MR) is 62.7 cm³/mol. The minimum atomic E-state index is -0.196. The van der Waals surface area contributed by atoms with Crippen LogP contribution in [0.5, 0.6) is 0 Å². The summed E-state index contributed by atoms with van der Waals surface area (Å²) >= 11 is 0. The van der Waals surface area contributed by atoms with Crippen LogP contribution in [0.15, 0.2) is 30.3 Å². The average Bonchev–Trinajstić information content (AvgIpc) is 2.80. The van der Waals surface area contributed by atoms with Gasteiger partial charge in [-0.1, -0.05) is 24.3 Å². The van der Waals surface area contributed by atoms with E-state index < -0.39 is 0 Å². The number of halogens is 1. The summed E-state index contributed by atoms with van der Waals surface area (Å²) in [5.74, 6) is -0.196. The molecule has 0 amide bonds. The Hall–Kier alpha value is -1.19. The largest absolute Gasteiger partial charge is 0.380 e. The topological polar surface area (TPSA) is 21.3 Å². The van der Waals surface area contributed by atoms with Crippen LogP contribution in [0, 0.1) is 5.82 Å². The van der Waals surface area contributed by atoms with E-state index in [0.717, 1.165) is 31.7 Å². The normalized spacial score (nSPS) is 20.7. The van der Waals surface area contributed by atoms with Crippen LogP contribution in [-0.2, 0) is 4.74 Å². The van der Waals surface area contributed by atoms with E-state index in [1.165, 1.54) is 12.1 Å². The fraction of sp³-hybridized carbons (Fsp3) is 0.385. The maximum absolute atomic E-state index is 12.6. The van der Waals surface area contributed by atoms with Crippen molar-refractivity contribution in [3.05, 3.63) is 41.7 Å². The van der Waals surface area contributed by atoms with Crippen LogP contribution in [-0.4, -0.2) is 25.8 Å². The van der Waals surface area contributed by atoms with Crippen LogP contribution in [0.1, 0.15) is 12.0 Å². The molecular weight excluding hydrogens is 205 g/mol. The third-order valence-electron chi connectivity index (χ3n) is 2.63. The smallest absolute Gasteiger partial charge is 0.123 e. The lowest BCUT2D eigenvalue weighted by Crippen LogP contribution is -2.29. The highest BCUT2D eigenvalue weighted by atomic mass is 19.1. The van der Waals surface area contributed by atoms with Gasteiger partial charge in [-0.2, -0.15) is 0 Å². The molecule has 16 heavy (non-hydrogen) atoms. The van der Waals surface area contributed by atoms with Crippen LogP contribution < -0.4 is 5.32 Å². The summed E-state index contributed by atoms with van der Waals surface area (Å²) in [5.41, 5.74) is 1.02. The molecule has 2 nitrogen and oxygen atoms in total. The van der Waals surface area contributed by atoms with Gasteiger partial charge in [0.15, 0.2) is 0 Å². The first-order valence-corrected chi connectivity index (χ1v) is 5.58. The molecule has 1 unspecified atom stereocenters. The highest BCUT2D eigenvalue weighted by Gasteiger charge is 2.12. The Kier molecular flexibility index (Phi) is 4.08. The fourth-order valence-corrected chi connectivity index (χ4v) is 1.70. The van der Waals surface area contributed by atoms with E-state index in [9.17, 15) is 4.39 Å². The lowest BCUT2D eigenvalue weighted by atomic mass is 10.2. The van der Waals surface area contributed by atoms with Crippen molar-refractivity contribution < 1.29 is 9.13 Å². The van der Waals surface area contributed by atoms with Crippen molar-refractivity contribution in [2.45, 2.75) is 12.5 Å². The lowest BCUT2D eigenvalue weighted by molar-refractivity contribution is 0.190. The summed E-state index contributed by atoms with van der Waals surface area (Å²) in [6.07, 6.45) is 5.12. The molecule has 0 aromatic heterocycles. The van der Waals surface area contributed by atoms with Gasteiger partial charge < -0.3 is 10.1 Å². The Morgan fingerprint density at radius 2 is 2.19 bits per heavy atom. The highest BCUT2D eigenvalue weighted by Crippen LogP contribution is 2.05. The molecule has 3 heteroatoms. The molecule has 0 spiro atoms. The molecule has 0 saturated carbocycles. The standard InChI is InChI=1S/C13H16FNO/c14-12-5-3-11(4-6-12)2-1-8-15-13-7-9-16-10-13/h1-6,13,15H,7-10H2/b2-1+. The Bertz CT molecular complexity index is 341. The van der Waals surface area contributed by atoms with Crippen molar-refractivity contribution in [1.29, 1.82) is 0 Å². The Morgan fingerprint density at radius 3 is 2.88 bits per heavy atom. The number of hydrogen-bond acceptors (Lipinski definition) is 2. The summed E-state index contributed by atoms with van der Waals surface area (Å²) in [6, 6.07) is 6.96. The summed E-state index contributed by atoms with van der Waals surface area (Å²) in [4.78, 5) is 0. The molecule has 86 valence electrons. The highest BCUT2D eigenvalue weighted by molar-refractivity contribution is 5.48. The minimum absolute atomic E-state index is 0.196. The van der Waals surface area contributed by atoms with Crippen molar-refractivity contribution >= 4 is 6.08 Å². The van der Waals surface area contributed by atoms with Crippen LogP contribution >= 0.6 is 0 Å². The Morgan fingerprint density at radius 1 is 1.38 bits per heavy atom. The maximum Gasteiger partial charge on any atom is 0.123 e. The van der Waals surface area contributed by atoms with Gasteiger partial charge in [0, 0.05) is 19.2 Å². The van der Waals surface area contributed by atoms with E-state index in [1.807, 2.05) is 12.2 Å². The molecule has 0 bridgehead atoms. The van der Waals surface area contributed by atoms with E-state index in [0.29, 0.717) is 6.04 Å². The number of benzene rings is 1.